The average Bonchev–Trinajstić information content (AvgIpc) is 2.91. The van der Waals surface area contributed by atoms with E-state index in [0.29, 0.717) is 13.0 Å². The molecule has 1 heterocycles. The number of ether oxygens (including phenoxy) is 2. The summed E-state index contributed by atoms with van der Waals surface area (Å²) in [6.07, 6.45) is 1.93. The van der Waals surface area contributed by atoms with Crippen LogP contribution in [0, 0.1) is 0 Å². The summed E-state index contributed by atoms with van der Waals surface area (Å²) in [6.45, 7) is 10.1. The van der Waals surface area contributed by atoms with Gasteiger partial charge in [0, 0.05) is 6.54 Å². The molecule has 1 saturated heterocycles. The number of carbonyl (C=O) groups excluding carboxylic acids is 2. The van der Waals surface area contributed by atoms with Crippen molar-refractivity contribution >= 4 is 12.1 Å². The van der Waals surface area contributed by atoms with Crippen molar-refractivity contribution in [1.29, 1.82) is 0 Å². The lowest BCUT2D eigenvalue weighted by Gasteiger charge is -2.29. The highest BCUT2D eigenvalue weighted by atomic mass is 16.6. The topological polar surface area (TPSA) is 88.1 Å². The number of alkyl carbamates (subject to hydrolysis) is 1. The fraction of sp³-hybridized carbons (Fsp3) is 0.778. The number of aliphatic hydroxyl groups is 1. The molecule has 0 bridgehead atoms. The van der Waals surface area contributed by atoms with E-state index in [1.807, 2.05) is 18.7 Å². The summed E-state index contributed by atoms with van der Waals surface area (Å²) in [5.74, 6) is -0.288. The van der Waals surface area contributed by atoms with Crippen LogP contribution in [0.3, 0.4) is 0 Å². The molecule has 0 saturated carbocycles. The number of nitrogens with zero attached hydrogens (tertiary/aromatic N) is 1. The summed E-state index contributed by atoms with van der Waals surface area (Å²) >= 11 is 0. The van der Waals surface area contributed by atoms with Gasteiger partial charge in [-0.15, -0.1) is 0 Å². The van der Waals surface area contributed by atoms with Crippen LogP contribution < -0.4 is 5.32 Å². The van der Waals surface area contributed by atoms with E-state index in [2.05, 4.69) is 5.32 Å². The molecule has 1 rings (SSSR count). The molecule has 1 aliphatic heterocycles. The number of esters is 1. The van der Waals surface area contributed by atoms with Gasteiger partial charge in [-0.2, -0.15) is 0 Å². The minimum atomic E-state index is -0.868. The molecule has 0 aromatic rings. The van der Waals surface area contributed by atoms with E-state index in [4.69, 9.17) is 9.47 Å². The fourth-order valence-corrected chi connectivity index (χ4v) is 2.85. The highest BCUT2D eigenvalue weighted by molar-refractivity contribution is 5.76. The second-order valence-electron chi connectivity index (χ2n) is 7.66. The van der Waals surface area contributed by atoms with Gasteiger partial charge in [0.2, 0.25) is 0 Å². The molecular weight excluding hydrogens is 324 g/mol. The standard InChI is InChI=1S/C18H32N2O5/c1-12(2)10-13(19-17(23)25-18(3,4)5)15(21)11-20-9-7-8-14(20)16(22)24-6/h10,13-15,21H,7-9,11H2,1-6H3,(H,19,23)/t13-,14-,15-/m0/s1. The summed E-state index contributed by atoms with van der Waals surface area (Å²) in [7, 11) is 1.37. The maximum atomic E-state index is 12.0. The molecule has 25 heavy (non-hydrogen) atoms. The van der Waals surface area contributed by atoms with Crippen LogP contribution in [0.25, 0.3) is 0 Å². The maximum absolute atomic E-state index is 12.0. The fourth-order valence-electron chi connectivity index (χ4n) is 2.85. The Balaban J connectivity index is 2.76. The molecule has 0 unspecified atom stereocenters. The second kappa shape index (κ2) is 9.20. The van der Waals surface area contributed by atoms with E-state index >= 15 is 0 Å². The smallest absolute Gasteiger partial charge is 0.408 e. The molecule has 7 nitrogen and oxygen atoms in total. The predicted octanol–water partition coefficient (Wildman–Crippen LogP) is 1.84. The number of hydrogen-bond donors (Lipinski definition) is 2. The third-order valence-electron chi connectivity index (χ3n) is 3.87. The highest BCUT2D eigenvalue weighted by Gasteiger charge is 2.34. The van der Waals surface area contributed by atoms with E-state index in [9.17, 15) is 14.7 Å². The Morgan fingerprint density at radius 2 is 2.00 bits per heavy atom. The molecule has 144 valence electrons. The number of hydrogen-bond acceptors (Lipinski definition) is 6. The second-order valence-corrected chi connectivity index (χ2v) is 7.66. The van der Waals surface area contributed by atoms with Crippen LogP contribution in [-0.4, -0.2) is 66.1 Å². The van der Waals surface area contributed by atoms with Gasteiger partial charge in [0.1, 0.15) is 11.6 Å². The molecule has 3 atom stereocenters. The van der Waals surface area contributed by atoms with E-state index in [0.717, 1.165) is 12.0 Å². The first-order valence-corrected chi connectivity index (χ1v) is 8.68. The van der Waals surface area contributed by atoms with Gasteiger partial charge in [-0.05, 0) is 54.0 Å². The van der Waals surface area contributed by atoms with Crippen LogP contribution in [0.5, 0.6) is 0 Å². The molecule has 0 aliphatic carbocycles. The predicted molar refractivity (Wildman–Crippen MR) is 95.2 cm³/mol. The van der Waals surface area contributed by atoms with Crippen LogP contribution in [0.4, 0.5) is 4.79 Å². The molecule has 0 aromatic carbocycles. The van der Waals surface area contributed by atoms with Gasteiger partial charge >= 0.3 is 12.1 Å². The van der Waals surface area contributed by atoms with Crippen LogP contribution in [-0.2, 0) is 14.3 Å². The van der Waals surface area contributed by atoms with Crippen molar-refractivity contribution in [3.8, 4) is 0 Å². The number of carbonyl (C=O) groups is 2. The van der Waals surface area contributed by atoms with Crippen LogP contribution in [0.1, 0.15) is 47.5 Å². The lowest BCUT2D eigenvalue weighted by molar-refractivity contribution is -0.146. The first kappa shape index (κ1) is 21.4. The number of likely N-dealkylation sites (tertiary alicyclic amines) is 1. The average molecular weight is 356 g/mol. The van der Waals surface area contributed by atoms with Gasteiger partial charge < -0.3 is 19.9 Å². The van der Waals surface area contributed by atoms with Gasteiger partial charge in [-0.25, -0.2) is 4.79 Å². The van der Waals surface area contributed by atoms with Gasteiger partial charge in [-0.1, -0.05) is 11.6 Å². The first-order valence-electron chi connectivity index (χ1n) is 8.68. The molecule has 0 spiro atoms. The summed E-state index contributed by atoms with van der Waals surface area (Å²) in [5, 5.41) is 13.3. The number of rotatable bonds is 6. The Morgan fingerprint density at radius 3 is 2.52 bits per heavy atom. The first-order chi connectivity index (χ1) is 11.5. The summed E-state index contributed by atoms with van der Waals surface area (Å²) in [6, 6.07) is -0.938. The largest absolute Gasteiger partial charge is 0.468 e. The number of methoxy groups -OCH3 is 1. The molecule has 1 amide bonds. The number of aliphatic hydroxyl groups excluding tert-OH is 1. The zero-order valence-corrected chi connectivity index (χ0v) is 16.2. The maximum Gasteiger partial charge on any atom is 0.408 e. The Bertz CT molecular complexity index is 494. The molecule has 7 heteroatoms. The van der Waals surface area contributed by atoms with Gasteiger partial charge in [-0.3, -0.25) is 9.69 Å². The van der Waals surface area contributed by atoms with Crippen molar-refractivity contribution in [2.75, 3.05) is 20.2 Å². The van der Waals surface area contributed by atoms with Crippen LogP contribution in [0.15, 0.2) is 11.6 Å². The molecule has 0 radical (unpaired) electrons. The normalized spacial score (nSPS) is 20.5. The van der Waals surface area contributed by atoms with Crippen molar-refractivity contribution in [1.82, 2.24) is 10.2 Å². The van der Waals surface area contributed by atoms with Crippen molar-refractivity contribution < 1.29 is 24.2 Å². The molecule has 1 fully saturated rings. The molecular formula is C18H32N2O5. The Labute approximate surface area is 150 Å². The van der Waals surface area contributed by atoms with E-state index in [1.54, 1.807) is 26.8 Å². The zero-order chi connectivity index (χ0) is 19.2. The van der Waals surface area contributed by atoms with Crippen molar-refractivity contribution in [3.05, 3.63) is 11.6 Å². The van der Waals surface area contributed by atoms with Gasteiger partial charge in [0.25, 0.3) is 0 Å². The Morgan fingerprint density at radius 1 is 1.36 bits per heavy atom. The zero-order valence-electron chi connectivity index (χ0n) is 16.2. The Kier molecular flexibility index (Phi) is 7.89. The molecule has 2 N–H and O–H groups in total. The van der Waals surface area contributed by atoms with E-state index in [1.165, 1.54) is 7.11 Å². The molecule has 1 aliphatic rings. The van der Waals surface area contributed by atoms with Crippen molar-refractivity contribution in [2.45, 2.75) is 71.2 Å². The molecule has 0 aromatic heterocycles. The SMILES string of the molecule is COC(=O)[C@@H]1CCCN1C[C@H](O)[C@H](C=C(C)C)NC(=O)OC(C)(C)C. The van der Waals surface area contributed by atoms with Gasteiger partial charge in [0.15, 0.2) is 0 Å². The van der Waals surface area contributed by atoms with Crippen molar-refractivity contribution in [3.63, 3.8) is 0 Å². The Hall–Kier alpha value is -1.60. The summed E-state index contributed by atoms with van der Waals surface area (Å²) in [5.41, 5.74) is 0.348. The lowest BCUT2D eigenvalue weighted by atomic mass is 10.1. The van der Waals surface area contributed by atoms with Gasteiger partial charge in [0.05, 0.1) is 19.3 Å². The minimum absolute atomic E-state index is 0.268. The van der Waals surface area contributed by atoms with Crippen LogP contribution in [0.2, 0.25) is 0 Å². The van der Waals surface area contributed by atoms with E-state index < -0.39 is 23.8 Å². The van der Waals surface area contributed by atoms with E-state index in [-0.39, 0.29) is 18.6 Å². The summed E-state index contributed by atoms with van der Waals surface area (Å²) < 4.78 is 10.1. The number of amides is 1. The monoisotopic (exact) mass is 356 g/mol. The lowest BCUT2D eigenvalue weighted by Crippen LogP contribution is -2.50. The summed E-state index contributed by atoms with van der Waals surface area (Å²) in [4.78, 5) is 25.8. The quantitative estimate of drug-likeness (QED) is 0.558. The third-order valence-corrected chi connectivity index (χ3v) is 3.87. The third kappa shape index (κ3) is 7.44. The highest BCUT2D eigenvalue weighted by Crippen LogP contribution is 2.19. The number of allylic oxidation sites excluding steroid dienone is 1. The van der Waals surface area contributed by atoms with Crippen molar-refractivity contribution in [2.24, 2.45) is 0 Å². The van der Waals surface area contributed by atoms with Crippen LogP contribution >= 0.6 is 0 Å². The minimum Gasteiger partial charge on any atom is -0.468 e. The number of β-amino-alcohol motifs (C(OH)–C–C–N with tert-alkyl or cyclic N) is 1. The number of nitrogens with one attached hydrogen (secondary N) is 1.